The number of fused-ring (bicyclic) bond motifs is 1. The maximum atomic E-state index is 12.8. The van der Waals surface area contributed by atoms with Crippen LogP contribution in [-0.4, -0.2) is 47.7 Å². The molecule has 0 spiro atoms. The van der Waals surface area contributed by atoms with E-state index in [9.17, 15) is 14.4 Å². The van der Waals surface area contributed by atoms with Crippen LogP contribution in [0.15, 0.2) is 18.2 Å². The Labute approximate surface area is 157 Å². The lowest BCUT2D eigenvalue weighted by Gasteiger charge is -2.22. The van der Waals surface area contributed by atoms with Crippen molar-refractivity contribution in [3.05, 3.63) is 23.8 Å². The van der Waals surface area contributed by atoms with Crippen LogP contribution in [0.3, 0.4) is 0 Å². The summed E-state index contributed by atoms with van der Waals surface area (Å²) >= 11 is 0. The fourth-order valence-corrected chi connectivity index (χ4v) is 3.63. The Morgan fingerprint density at radius 2 is 2.07 bits per heavy atom. The lowest BCUT2D eigenvalue weighted by molar-refractivity contribution is -0.134. The van der Waals surface area contributed by atoms with Crippen molar-refractivity contribution in [2.75, 3.05) is 13.3 Å². The minimum absolute atomic E-state index is 0.0679. The molecule has 144 valence electrons. The molecule has 2 atom stereocenters. The number of benzene rings is 1. The number of urea groups is 1. The van der Waals surface area contributed by atoms with Crippen molar-refractivity contribution in [2.45, 2.75) is 44.7 Å². The van der Waals surface area contributed by atoms with Crippen molar-refractivity contribution in [3.8, 4) is 11.5 Å². The van der Waals surface area contributed by atoms with Crippen LogP contribution in [0.5, 0.6) is 11.5 Å². The minimum atomic E-state index is -1.10. The maximum absolute atomic E-state index is 12.8. The maximum Gasteiger partial charge on any atom is 0.325 e. The average molecular weight is 373 g/mol. The van der Waals surface area contributed by atoms with Crippen LogP contribution in [0.1, 0.15) is 32.3 Å². The second kappa shape index (κ2) is 6.44. The van der Waals surface area contributed by atoms with Gasteiger partial charge in [-0.1, -0.05) is 6.07 Å². The Morgan fingerprint density at radius 3 is 2.81 bits per heavy atom. The number of rotatable bonds is 6. The SMILES string of the molecule is C[C@@H](NC(=O)CN1C(=O)N[C@](C)(Cc2ccc3c(c2)OCO3)C1=O)C1CC1. The van der Waals surface area contributed by atoms with Gasteiger partial charge < -0.3 is 20.1 Å². The van der Waals surface area contributed by atoms with E-state index in [0.717, 1.165) is 23.3 Å². The normalized spacial score (nSPS) is 24.7. The number of ether oxygens (including phenoxy) is 2. The molecule has 1 saturated heterocycles. The molecule has 3 aliphatic rings. The van der Waals surface area contributed by atoms with Gasteiger partial charge in [-0.05, 0) is 50.3 Å². The third kappa shape index (κ3) is 3.43. The summed E-state index contributed by atoms with van der Waals surface area (Å²) in [5.41, 5.74) is -0.267. The van der Waals surface area contributed by atoms with Gasteiger partial charge in [-0.15, -0.1) is 0 Å². The van der Waals surface area contributed by atoms with Crippen molar-refractivity contribution in [1.82, 2.24) is 15.5 Å². The van der Waals surface area contributed by atoms with Crippen LogP contribution in [0.25, 0.3) is 0 Å². The van der Waals surface area contributed by atoms with Gasteiger partial charge in [0.05, 0.1) is 0 Å². The van der Waals surface area contributed by atoms with Crippen LogP contribution in [0.2, 0.25) is 0 Å². The van der Waals surface area contributed by atoms with Crippen LogP contribution < -0.4 is 20.1 Å². The van der Waals surface area contributed by atoms with Gasteiger partial charge in [0.1, 0.15) is 12.1 Å². The molecule has 4 rings (SSSR count). The molecule has 2 fully saturated rings. The standard InChI is InChI=1S/C19H23N3O5/c1-11(13-4-5-13)20-16(23)9-22-17(24)19(2,21-18(22)25)8-12-3-6-14-15(7-12)27-10-26-14/h3,6-7,11,13H,4-5,8-10H2,1-2H3,(H,20,23)(H,21,25)/t11-,19-/m1/s1. The van der Waals surface area contributed by atoms with Crippen molar-refractivity contribution in [1.29, 1.82) is 0 Å². The first kappa shape index (κ1) is 17.6. The Hall–Kier alpha value is -2.77. The van der Waals surface area contributed by atoms with Gasteiger partial charge in [0.25, 0.3) is 5.91 Å². The summed E-state index contributed by atoms with van der Waals surface area (Å²) in [6.07, 6.45) is 2.52. The molecule has 0 aromatic heterocycles. The average Bonchev–Trinajstić information content (AvgIpc) is 3.33. The summed E-state index contributed by atoms with van der Waals surface area (Å²) in [5, 5.41) is 5.60. The van der Waals surface area contributed by atoms with Crippen molar-refractivity contribution < 1.29 is 23.9 Å². The fourth-order valence-electron chi connectivity index (χ4n) is 3.63. The van der Waals surface area contributed by atoms with Crippen LogP contribution >= 0.6 is 0 Å². The molecule has 27 heavy (non-hydrogen) atoms. The largest absolute Gasteiger partial charge is 0.454 e. The van der Waals surface area contributed by atoms with Crippen molar-refractivity contribution in [3.63, 3.8) is 0 Å². The molecular formula is C19H23N3O5. The molecule has 0 radical (unpaired) electrons. The van der Waals surface area contributed by atoms with E-state index in [2.05, 4.69) is 10.6 Å². The summed E-state index contributed by atoms with van der Waals surface area (Å²) in [7, 11) is 0. The molecule has 1 saturated carbocycles. The molecule has 2 N–H and O–H groups in total. The second-order valence-electron chi connectivity index (χ2n) is 7.71. The van der Waals surface area contributed by atoms with E-state index in [-0.39, 0.29) is 25.3 Å². The highest BCUT2D eigenvalue weighted by atomic mass is 16.7. The molecule has 1 aromatic carbocycles. The van der Waals surface area contributed by atoms with E-state index in [1.54, 1.807) is 19.1 Å². The first-order chi connectivity index (χ1) is 12.9. The van der Waals surface area contributed by atoms with Gasteiger partial charge in [-0.3, -0.25) is 14.5 Å². The summed E-state index contributed by atoms with van der Waals surface area (Å²) in [6, 6.07) is 4.95. The molecule has 1 aliphatic carbocycles. The van der Waals surface area contributed by atoms with Gasteiger partial charge >= 0.3 is 6.03 Å². The number of amides is 4. The molecule has 2 heterocycles. The number of nitrogens with zero attached hydrogens (tertiary/aromatic N) is 1. The highest BCUT2D eigenvalue weighted by Crippen LogP contribution is 2.34. The lowest BCUT2D eigenvalue weighted by Crippen LogP contribution is -2.47. The smallest absolute Gasteiger partial charge is 0.325 e. The fraction of sp³-hybridized carbons (Fsp3) is 0.526. The topological polar surface area (TPSA) is 97.0 Å². The van der Waals surface area contributed by atoms with Gasteiger partial charge in [0.2, 0.25) is 12.7 Å². The Morgan fingerprint density at radius 1 is 1.33 bits per heavy atom. The number of imide groups is 1. The third-order valence-corrected chi connectivity index (χ3v) is 5.36. The number of carbonyl (C=O) groups excluding carboxylic acids is 3. The molecule has 1 aromatic rings. The number of hydrogen-bond donors (Lipinski definition) is 2. The Kier molecular flexibility index (Phi) is 4.20. The van der Waals surface area contributed by atoms with Gasteiger partial charge in [-0.25, -0.2) is 4.79 Å². The van der Waals surface area contributed by atoms with E-state index in [1.807, 2.05) is 13.0 Å². The molecule has 2 aliphatic heterocycles. The molecule has 0 unspecified atom stereocenters. The predicted molar refractivity (Wildman–Crippen MR) is 95.2 cm³/mol. The highest BCUT2D eigenvalue weighted by Gasteiger charge is 2.48. The first-order valence-corrected chi connectivity index (χ1v) is 9.18. The summed E-state index contributed by atoms with van der Waals surface area (Å²) < 4.78 is 10.7. The first-order valence-electron chi connectivity index (χ1n) is 9.18. The molecule has 8 heteroatoms. The number of hydrogen-bond acceptors (Lipinski definition) is 5. The van der Waals surface area contributed by atoms with Gasteiger partial charge in [-0.2, -0.15) is 0 Å². The summed E-state index contributed by atoms with van der Waals surface area (Å²) in [6.45, 7) is 3.53. The number of carbonyl (C=O) groups is 3. The number of nitrogens with one attached hydrogen (secondary N) is 2. The summed E-state index contributed by atoms with van der Waals surface area (Å²) in [4.78, 5) is 38.4. The third-order valence-electron chi connectivity index (χ3n) is 5.36. The highest BCUT2D eigenvalue weighted by molar-refractivity contribution is 6.09. The minimum Gasteiger partial charge on any atom is -0.454 e. The van der Waals surface area contributed by atoms with E-state index in [4.69, 9.17) is 9.47 Å². The molecule has 4 amide bonds. The van der Waals surface area contributed by atoms with Gasteiger partial charge in [0.15, 0.2) is 11.5 Å². The van der Waals surface area contributed by atoms with E-state index < -0.39 is 17.5 Å². The summed E-state index contributed by atoms with van der Waals surface area (Å²) in [5.74, 6) is 1.07. The van der Waals surface area contributed by atoms with Crippen molar-refractivity contribution in [2.24, 2.45) is 5.92 Å². The Bertz CT molecular complexity index is 807. The zero-order chi connectivity index (χ0) is 19.2. The van der Waals surface area contributed by atoms with E-state index >= 15 is 0 Å². The quantitative estimate of drug-likeness (QED) is 0.730. The Balaban J connectivity index is 1.42. The van der Waals surface area contributed by atoms with E-state index in [1.165, 1.54) is 0 Å². The zero-order valence-corrected chi connectivity index (χ0v) is 15.4. The van der Waals surface area contributed by atoms with Crippen molar-refractivity contribution >= 4 is 17.8 Å². The lowest BCUT2D eigenvalue weighted by atomic mass is 9.92. The van der Waals surface area contributed by atoms with E-state index in [0.29, 0.717) is 23.8 Å². The van der Waals surface area contributed by atoms with Crippen LogP contribution in [0.4, 0.5) is 4.79 Å². The molecular weight excluding hydrogens is 350 g/mol. The second-order valence-corrected chi connectivity index (χ2v) is 7.71. The van der Waals surface area contributed by atoms with Crippen LogP contribution in [0, 0.1) is 5.92 Å². The van der Waals surface area contributed by atoms with Crippen LogP contribution in [-0.2, 0) is 16.0 Å². The zero-order valence-electron chi connectivity index (χ0n) is 15.4. The van der Waals surface area contributed by atoms with Gasteiger partial charge in [0, 0.05) is 12.5 Å². The molecule has 0 bridgehead atoms. The predicted octanol–water partition coefficient (Wildman–Crippen LogP) is 1.18. The monoisotopic (exact) mass is 373 g/mol. The molecule has 8 nitrogen and oxygen atoms in total.